The van der Waals surface area contributed by atoms with Gasteiger partial charge < -0.3 is 5.73 Å². The summed E-state index contributed by atoms with van der Waals surface area (Å²) in [5.74, 6) is 3.03. The highest BCUT2D eigenvalue weighted by Gasteiger charge is 2.42. The molecule has 2 N–H and O–H groups in total. The highest BCUT2D eigenvalue weighted by atomic mass is 32.2. The quantitative estimate of drug-likeness (QED) is 0.740. The molecule has 0 saturated heterocycles. The Bertz CT molecular complexity index is 150. The number of thioether (sulfide) groups is 1. The van der Waals surface area contributed by atoms with Crippen LogP contribution in [0.5, 0.6) is 0 Å². The van der Waals surface area contributed by atoms with Crippen molar-refractivity contribution in [2.75, 3.05) is 12.3 Å². The Hall–Kier alpha value is 0.310. The van der Waals surface area contributed by atoms with E-state index in [-0.39, 0.29) is 0 Å². The first-order valence-corrected chi connectivity index (χ1v) is 6.44. The minimum atomic E-state index is 0.463. The van der Waals surface area contributed by atoms with E-state index in [1.54, 1.807) is 0 Å². The van der Waals surface area contributed by atoms with Crippen LogP contribution in [0.25, 0.3) is 0 Å². The first-order valence-electron chi connectivity index (χ1n) is 5.46. The van der Waals surface area contributed by atoms with Gasteiger partial charge in [0.05, 0.1) is 0 Å². The molecule has 13 heavy (non-hydrogen) atoms. The van der Waals surface area contributed by atoms with Gasteiger partial charge in [-0.1, -0.05) is 27.2 Å². The third-order valence-electron chi connectivity index (χ3n) is 2.99. The average Bonchev–Trinajstić information content (AvgIpc) is 2.03. The summed E-state index contributed by atoms with van der Waals surface area (Å²) in [6.07, 6.45) is 4.05. The molecule has 0 aliphatic heterocycles. The van der Waals surface area contributed by atoms with E-state index in [4.69, 9.17) is 5.73 Å². The molecule has 0 unspecified atom stereocenters. The Morgan fingerprint density at radius 2 is 2.08 bits per heavy atom. The van der Waals surface area contributed by atoms with Crippen molar-refractivity contribution in [1.29, 1.82) is 0 Å². The van der Waals surface area contributed by atoms with Crippen LogP contribution < -0.4 is 5.73 Å². The Kier molecular flexibility index (Phi) is 4.11. The van der Waals surface area contributed by atoms with Gasteiger partial charge in [0.15, 0.2) is 0 Å². The topological polar surface area (TPSA) is 26.0 Å². The zero-order valence-corrected chi connectivity index (χ0v) is 9.99. The molecule has 2 heteroatoms. The summed E-state index contributed by atoms with van der Waals surface area (Å²) in [6, 6.07) is 0. The van der Waals surface area contributed by atoms with Crippen LogP contribution in [0, 0.1) is 11.8 Å². The number of nitrogens with two attached hydrogens (primary N) is 1. The van der Waals surface area contributed by atoms with Gasteiger partial charge >= 0.3 is 0 Å². The van der Waals surface area contributed by atoms with Gasteiger partial charge in [-0.3, -0.25) is 0 Å². The molecule has 0 aromatic rings. The van der Waals surface area contributed by atoms with Crippen molar-refractivity contribution in [3.8, 4) is 0 Å². The predicted octanol–water partition coefficient (Wildman–Crippen LogP) is 2.89. The third kappa shape index (κ3) is 2.88. The van der Waals surface area contributed by atoms with Crippen LogP contribution in [0.3, 0.4) is 0 Å². The molecular formula is C11H23NS. The molecule has 0 spiro atoms. The summed E-state index contributed by atoms with van der Waals surface area (Å²) in [5, 5.41) is 0. The summed E-state index contributed by atoms with van der Waals surface area (Å²) in [4.78, 5) is 0. The average molecular weight is 201 g/mol. The Morgan fingerprint density at radius 3 is 2.46 bits per heavy atom. The highest BCUT2D eigenvalue weighted by molar-refractivity contribution is 8.00. The predicted molar refractivity (Wildman–Crippen MR) is 62.1 cm³/mol. The lowest BCUT2D eigenvalue weighted by atomic mass is 9.73. The van der Waals surface area contributed by atoms with E-state index in [9.17, 15) is 0 Å². The molecule has 1 nitrogen and oxygen atoms in total. The molecule has 0 bridgehead atoms. The SMILES string of the molecule is CCC1CC(CN)(SCC(C)C)C1. The standard InChI is InChI=1S/C11H23NS/c1-4-10-5-11(6-10,8-12)13-7-9(2)3/h9-10H,4-8,12H2,1-3H3. The summed E-state index contributed by atoms with van der Waals surface area (Å²) in [5.41, 5.74) is 5.85. The van der Waals surface area contributed by atoms with Crippen LogP contribution >= 0.6 is 11.8 Å². The summed E-state index contributed by atoms with van der Waals surface area (Å²) >= 11 is 2.11. The molecule has 1 saturated carbocycles. The molecule has 0 heterocycles. The van der Waals surface area contributed by atoms with Gasteiger partial charge in [-0.2, -0.15) is 11.8 Å². The molecule has 0 aromatic carbocycles. The van der Waals surface area contributed by atoms with Gasteiger partial charge in [0.2, 0.25) is 0 Å². The first kappa shape index (κ1) is 11.4. The fourth-order valence-electron chi connectivity index (χ4n) is 1.97. The maximum Gasteiger partial charge on any atom is 0.0287 e. The van der Waals surface area contributed by atoms with Crippen molar-refractivity contribution in [2.45, 2.75) is 44.8 Å². The molecule has 0 aromatic heterocycles. The molecule has 0 radical (unpaired) electrons. The maximum absolute atomic E-state index is 5.85. The van der Waals surface area contributed by atoms with Crippen molar-refractivity contribution in [1.82, 2.24) is 0 Å². The van der Waals surface area contributed by atoms with Crippen LogP contribution in [-0.4, -0.2) is 17.0 Å². The van der Waals surface area contributed by atoms with Gasteiger partial charge in [0.25, 0.3) is 0 Å². The Labute approximate surface area is 86.8 Å². The van der Waals surface area contributed by atoms with Crippen molar-refractivity contribution in [3.63, 3.8) is 0 Å². The minimum Gasteiger partial charge on any atom is -0.329 e. The number of hydrogen-bond acceptors (Lipinski definition) is 2. The third-order valence-corrected chi connectivity index (χ3v) is 4.94. The largest absolute Gasteiger partial charge is 0.329 e. The smallest absolute Gasteiger partial charge is 0.0287 e. The van der Waals surface area contributed by atoms with Crippen LogP contribution in [0.2, 0.25) is 0 Å². The Balaban J connectivity index is 2.28. The molecule has 0 atom stereocenters. The molecule has 1 rings (SSSR count). The lowest BCUT2D eigenvalue weighted by Gasteiger charge is -2.47. The fourth-order valence-corrected chi connectivity index (χ4v) is 3.48. The van der Waals surface area contributed by atoms with Crippen LogP contribution in [0.4, 0.5) is 0 Å². The molecular weight excluding hydrogens is 178 g/mol. The lowest BCUT2D eigenvalue weighted by molar-refractivity contribution is 0.228. The normalized spacial score (nSPS) is 33.5. The van der Waals surface area contributed by atoms with E-state index in [2.05, 4.69) is 32.5 Å². The molecule has 78 valence electrons. The molecule has 1 aliphatic rings. The van der Waals surface area contributed by atoms with Crippen LogP contribution in [0.15, 0.2) is 0 Å². The second-order valence-electron chi connectivity index (χ2n) is 4.77. The molecule has 0 amide bonds. The highest BCUT2D eigenvalue weighted by Crippen LogP contribution is 2.48. The van der Waals surface area contributed by atoms with E-state index >= 15 is 0 Å². The van der Waals surface area contributed by atoms with E-state index < -0.39 is 0 Å². The second kappa shape index (κ2) is 4.70. The van der Waals surface area contributed by atoms with E-state index in [0.29, 0.717) is 4.75 Å². The van der Waals surface area contributed by atoms with Crippen LogP contribution in [0.1, 0.15) is 40.0 Å². The van der Waals surface area contributed by atoms with Crippen LogP contribution in [-0.2, 0) is 0 Å². The molecule has 1 aliphatic carbocycles. The van der Waals surface area contributed by atoms with E-state index in [1.165, 1.54) is 25.0 Å². The molecule has 1 fully saturated rings. The zero-order chi connectivity index (χ0) is 9.90. The monoisotopic (exact) mass is 201 g/mol. The summed E-state index contributed by atoms with van der Waals surface area (Å²) in [7, 11) is 0. The number of rotatable bonds is 5. The Morgan fingerprint density at radius 1 is 1.46 bits per heavy atom. The van der Waals surface area contributed by atoms with Gasteiger partial charge in [0.1, 0.15) is 0 Å². The summed E-state index contributed by atoms with van der Waals surface area (Å²) < 4.78 is 0.463. The van der Waals surface area contributed by atoms with E-state index in [1.807, 2.05) is 0 Å². The first-order chi connectivity index (χ1) is 6.12. The zero-order valence-electron chi connectivity index (χ0n) is 9.18. The van der Waals surface area contributed by atoms with Gasteiger partial charge in [0, 0.05) is 11.3 Å². The van der Waals surface area contributed by atoms with Gasteiger partial charge in [-0.25, -0.2) is 0 Å². The van der Waals surface area contributed by atoms with E-state index in [0.717, 1.165) is 18.4 Å². The van der Waals surface area contributed by atoms with Gasteiger partial charge in [-0.05, 0) is 30.4 Å². The number of hydrogen-bond donors (Lipinski definition) is 1. The van der Waals surface area contributed by atoms with Crippen molar-refractivity contribution < 1.29 is 0 Å². The minimum absolute atomic E-state index is 0.463. The van der Waals surface area contributed by atoms with Crippen molar-refractivity contribution in [2.24, 2.45) is 17.6 Å². The van der Waals surface area contributed by atoms with Crippen molar-refractivity contribution in [3.05, 3.63) is 0 Å². The summed E-state index contributed by atoms with van der Waals surface area (Å²) in [6.45, 7) is 7.74. The fraction of sp³-hybridized carbons (Fsp3) is 1.00. The van der Waals surface area contributed by atoms with Gasteiger partial charge in [-0.15, -0.1) is 0 Å². The second-order valence-corrected chi connectivity index (χ2v) is 6.26. The lowest BCUT2D eigenvalue weighted by Crippen LogP contribution is -2.47. The van der Waals surface area contributed by atoms with Crippen molar-refractivity contribution >= 4 is 11.8 Å². The maximum atomic E-state index is 5.85.